The molecule has 1 aromatic rings. The fourth-order valence-electron chi connectivity index (χ4n) is 2.89. The molecule has 0 bridgehead atoms. The van der Waals surface area contributed by atoms with E-state index >= 15 is 0 Å². The highest BCUT2D eigenvalue weighted by molar-refractivity contribution is 5.56. The van der Waals surface area contributed by atoms with E-state index in [-0.39, 0.29) is 12.6 Å². The first-order chi connectivity index (χ1) is 9.24. The molecule has 0 fully saturated rings. The highest BCUT2D eigenvalue weighted by atomic mass is 16.3. The topological polar surface area (TPSA) is 35.5 Å². The minimum Gasteiger partial charge on any atom is -0.395 e. The minimum atomic E-state index is 0.223. The zero-order chi connectivity index (χ0) is 13.7. The summed E-state index contributed by atoms with van der Waals surface area (Å²) in [6.45, 7) is 7.55. The molecule has 0 saturated carbocycles. The van der Waals surface area contributed by atoms with Gasteiger partial charge in [-0.25, -0.2) is 0 Å². The van der Waals surface area contributed by atoms with E-state index in [4.69, 9.17) is 0 Å². The summed E-state index contributed by atoms with van der Waals surface area (Å²) in [5.41, 5.74) is 4.22. The molecule has 0 radical (unpaired) electrons. The summed E-state index contributed by atoms with van der Waals surface area (Å²) >= 11 is 0. The second kappa shape index (κ2) is 6.92. The van der Waals surface area contributed by atoms with E-state index in [1.807, 2.05) is 0 Å². The minimum absolute atomic E-state index is 0.223. The lowest BCUT2D eigenvalue weighted by atomic mass is 9.99. The van der Waals surface area contributed by atoms with Gasteiger partial charge in [-0.15, -0.1) is 0 Å². The van der Waals surface area contributed by atoms with E-state index < -0.39 is 0 Å². The number of benzene rings is 1. The molecular formula is C16H26N2O. The van der Waals surface area contributed by atoms with Gasteiger partial charge in [0.25, 0.3) is 0 Å². The number of hydrogen-bond acceptors (Lipinski definition) is 3. The van der Waals surface area contributed by atoms with Gasteiger partial charge in [-0.3, -0.25) is 0 Å². The summed E-state index contributed by atoms with van der Waals surface area (Å²) in [5, 5.41) is 12.7. The summed E-state index contributed by atoms with van der Waals surface area (Å²) < 4.78 is 0. The van der Waals surface area contributed by atoms with Crippen molar-refractivity contribution in [3.63, 3.8) is 0 Å². The number of anilines is 1. The molecular weight excluding hydrogens is 236 g/mol. The number of hydrogen-bond donors (Lipinski definition) is 2. The van der Waals surface area contributed by atoms with Crippen molar-refractivity contribution in [2.45, 2.75) is 39.2 Å². The molecule has 0 saturated heterocycles. The Balaban J connectivity index is 1.99. The molecule has 0 aromatic heterocycles. The lowest BCUT2D eigenvalue weighted by Gasteiger charge is -2.32. The zero-order valence-corrected chi connectivity index (χ0v) is 12.2. The Morgan fingerprint density at radius 1 is 1.42 bits per heavy atom. The van der Waals surface area contributed by atoms with Crippen LogP contribution in [0.2, 0.25) is 0 Å². The van der Waals surface area contributed by atoms with Crippen molar-refractivity contribution in [3.8, 4) is 0 Å². The van der Waals surface area contributed by atoms with Gasteiger partial charge in [0.15, 0.2) is 0 Å². The Kier molecular flexibility index (Phi) is 5.23. The predicted molar refractivity (Wildman–Crippen MR) is 80.9 cm³/mol. The fourth-order valence-corrected chi connectivity index (χ4v) is 2.89. The van der Waals surface area contributed by atoms with Crippen LogP contribution in [0.5, 0.6) is 0 Å². The molecule has 1 atom stereocenters. The number of rotatable bonds is 6. The number of likely N-dealkylation sites (N-methyl/N-ethyl adjacent to an activating group) is 1. The van der Waals surface area contributed by atoms with Crippen molar-refractivity contribution in [2.24, 2.45) is 0 Å². The Bertz CT molecular complexity index is 406. The number of aryl methyl sites for hydroxylation is 2. The first-order valence-corrected chi connectivity index (χ1v) is 7.43. The van der Waals surface area contributed by atoms with Crippen LogP contribution in [-0.4, -0.2) is 37.4 Å². The van der Waals surface area contributed by atoms with Crippen molar-refractivity contribution in [3.05, 3.63) is 29.3 Å². The van der Waals surface area contributed by atoms with Gasteiger partial charge in [-0.05, 0) is 44.4 Å². The first-order valence-electron chi connectivity index (χ1n) is 7.43. The lowest BCUT2D eigenvalue weighted by Crippen LogP contribution is -2.38. The van der Waals surface area contributed by atoms with Gasteiger partial charge in [0.05, 0.1) is 6.61 Å². The molecule has 1 unspecified atom stereocenters. The summed E-state index contributed by atoms with van der Waals surface area (Å²) in [5.74, 6) is 0. The first kappa shape index (κ1) is 14.4. The maximum Gasteiger partial charge on any atom is 0.0585 e. The third kappa shape index (κ3) is 3.71. The second-order valence-electron chi connectivity index (χ2n) is 5.45. The Morgan fingerprint density at radius 3 is 3.00 bits per heavy atom. The van der Waals surface area contributed by atoms with Gasteiger partial charge in [0, 0.05) is 24.8 Å². The summed E-state index contributed by atoms with van der Waals surface area (Å²) in [6.07, 6.45) is 3.43. The van der Waals surface area contributed by atoms with Gasteiger partial charge >= 0.3 is 0 Å². The number of nitrogens with one attached hydrogen (secondary N) is 1. The molecule has 0 aliphatic carbocycles. The van der Waals surface area contributed by atoms with E-state index in [1.54, 1.807) is 0 Å². The van der Waals surface area contributed by atoms with Crippen molar-refractivity contribution in [1.29, 1.82) is 0 Å². The van der Waals surface area contributed by atoms with Gasteiger partial charge in [-0.1, -0.05) is 24.6 Å². The molecule has 1 aliphatic rings. The van der Waals surface area contributed by atoms with Crippen LogP contribution in [0.4, 0.5) is 5.69 Å². The largest absolute Gasteiger partial charge is 0.395 e. The standard InChI is InChI=1S/C16H26N2O/c1-3-17-15(12-19)8-10-18-9-4-5-14-11-13(2)6-7-16(14)18/h6-7,11,15,17,19H,3-5,8-10,12H2,1-2H3. The molecule has 2 N–H and O–H groups in total. The van der Waals surface area contributed by atoms with E-state index in [0.29, 0.717) is 0 Å². The van der Waals surface area contributed by atoms with Crippen LogP contribution in [-0.2, 0) is 6.42 Å². The molecule has 1 heterocycles. The molecule has 3 nitrogen and oxygen atoms in total. The average Bonchev–Trinajstić information content (AvgIpc) is 2.43. The molecule has 0 spiro atoms. The number of fused-ring (bicyclic) bond motifs is 1. The van der Waals surface area contributed by atoms with E-state index in [0.717, 1.165) is 26.1 Å². The van der Waals surface area contributed by atoms with Crippen LogP contribution in [0.3, 0.4) is 0 Å². The highest BCUT2D eigenvalue weighted by Gasteiger charge is 2.17. The van der Waals surface area contributed by atoms with Crippen LogP contribution >= 0.6 is 0 Å². The maximum absolute atomic E-state index is 9.34. The monoisotopic (exact) mass is 262 g/mol. The van der Waals surface area contributed by atoms with Crippen LogP contribution in [0, 0.1) is 6.92 Å². The van der Waals surface area contributed by atoms with Gasteiger partial charge in [0.1, 0.15) is 0 Å². The van der Waals surface area contributed by atoms with E-state index in [2.05, 4.69) is 42.3 Å². The second-order valence-corrected chi connectivity index (χ2v) is 5.45. The van der Waals surface area contributed by atoms with Gasteiger partial charge in [0.2, 0.25) is 0 Å². The Morgan fingerprint density at radius 2 is 2.26 bits per heavy atom. The molecule has 1 aromatic carbocycles. The average molecular weight is 262 g/mol. The van der Waals surface area contributed by atoms with Crippen LogP contribution in [0.25, 0.3) is 0 Å². The van der Waals surface area contributed by atoms with E-state index in [1.165, 1.54) is 29.7 Å². The Hall–Kier alpha value is -1.06. The van der Waals surface area contributed by atoms with Crippen molar-refractivity contribution < 1.29 is 5.11 Å². The van der Waals surface area contributed by atoms with Crippen molar-refractivity contribution in [1.82, 2.24) is 5.32 Å². The summed E-state index contributed by atoms with van der Waals surface area (Å²) in [7, 11) is 0. The molecule has 106 valence electrons. The SMILES string of the molecule is CCNC(CO)CCN1CCCc2cc(C)ccc21. The number of nitrogens with zero attached hydrogens (tertiary/aromatic N) is 1. The fraction of sp³-hybridized carbons (Fsp3) is 0.625. The normalized spacial score (nSPS) is 16.3. The molecule has 2 rings (SSSR count). The predicted octanol–water partition coefficient (Wildman–Crippen LogP) is 2.11. The smallest absolute Gasteiger partial charge is 0.0585 e. The molecule has 1 aliphatic heterocycles. The summed E-state index contributed by atoms with van der Waals surface area (Å²) in [4.78, 5) is 2.47. The quantitative estimate of drug-likeness (QED) is 0.824. The van der Waals surface area contributed by atoms with Gasteiger partial charge < -0.3 is 15.3 Å². The lowest BCUT2D eigenvalue weighted by molar-refractivity contribution is 0.238. The molecule has 0 amide bonds. The number of aliphatic hydroxyl groups excluding tert-OH is 1. The van der Waals surface area contributed by atoms with Crippen LogP contribution < -0.4 is 10.2 Å². The van der Waals surface area contributed by atoms with E-state index in [9.17, 15) is 5.11 Å². The molecule has 3 heteroatoms. The zero-order valence-electron chi connectivity index (χ0n) is 12.2. The highest BCUT2D eigenvalue weighted by Crippen LogP contribution is 2.28. The Labute approximate surface area is 116 Å². The van der Waals surface area contributed by atoms with Crippen molar-refractivity contribution >= 4 is 5.69 Å². The third-order valence-electron chi connectivity index (χ3n) is 3.91. The third-order valence-corrected chi connectivity index (χ3v) is 3.91. The van der Waals surface area contributed by atoms with Crippen LogP contribution in [0.1, 0.15) is 30.9 Å². The van der Waals surface area contributed by atoms with Crippen LogP contribution in [0.15, 0.2) is 18.2 Å². The van der Waals surface area contributed by atoms with Crippen molar-refractivity contribution in [2.75, 3.05) is 31.1 Å². The summed E-state index contributed by atoms with van der Waals surface area (Å²) in [6, 6.07) is 6.99. The number of aliphatic hydroxyl groups is 1. The maximum atomic E-state index is 9.34. The van der Waals surface area contributed by atoms with Gasteiger partial charge in [-0.2, -0.15) is 0 Å². The molecule has 19 heavy (non-hydrogen) atoms.